The van der Waals surface area contributed by atoms with Crippen LogP contribution in [0, 0.1) is 17.9 Å². The molecule has 4 heteroatoms. The lowest BCUT2D eigenvalue weighted by Crippen LogP contribution is -2.08. The Hall–Kier alpha value is -3.24. The molecule has 0 bridgehead atoms. The van der Waals surface area contributed by atoms with Gasteiger partial charge in [-0.05, 0) is 49.3 Å². The Bertz CT molecular complexity index is 757. The van der Waals surface area contributed by atoms with Crippen LogP contribution in [0.1, 0.15) is 13.8 Å². The average molecular weight is 319 g/mol. The summed E-state index contributed by atoms with van der Waals surface area (Å²) in [5, 5.41) is 8.99. The van der Waals surface area contributed by atoms with E-state index >= 15 is 0 Å². The molecule has 1 aliphatic rings. The van der Waals surface area contributed by atoms with E-state index in [1.807, 2.05) is 56.3 Å². The highest BCUT2D eigenvalue weighted by atomic mass is 16.5. The molecule has 1 aliphatic heterocycles. The summed E-state index contributed by atoms with van der Waals surface area (Å²) < 4.78 is 5.60. The Morgan fingerprint density at radius 3 is 2.58 bits per heavy atom. The second-order valence-electron chi connectivity index (χ2n) is 5.28. The van der Waals surface area contributed by atoms with Gasteiger partial charge in [0, 0.05) is 19.8 Å². The summed E-state index contributed by atoms with van der Waals surface area (Å²) in [6.45, 7) is 14.8. The SMILES string of the molecule is [C-]#[N+]/C(C#N)=C1\C=C(C)OC(/C=C/C(=C)/C=C\C(=C/C)N(C)C)=C1. The summed E-state index contributed by atoms with van der Waals surface area (Å²) in [5.74, 6) is 1.20. The van der Waals surface area contributed by atoms with Gasteiger partial charge in [0.2, 0.25) is 0 Å². The molecule has 0 amide bonds. The number of rotatable bonds is 5. The number of allylic oxidation sites excluding steroid dienone is 11. The quantitative estimate of drug-likeness (QED) is 0.421. The van der Waals surface area contributed by atoms with Gasteiger partial charge in [-0.15, -0.1) is 0 Å². The smallest absolute Gasteiger partial charge is 0.269 e. The average Bonchev–Trinajstić information content (AvgIpc) is 2.54. The van der Waals surface area contributed by atoms with Crippen molar-refractivity contribution < 1.29 is 4.74 Å². The summed E-state index contributed by atoms with van der Waals surface area (Å²) in [7, 11) is 3.96. The molecule has 0 N–H and O–H groups in total. The second-order valence-corrected chi connectivity index (χ2v) is 5.28. The number of nitriles is 1. The molecule has 0 aromatic rings. The fraction of sp³-hybridized carbons (Fsp3) is 0.200. The largest absolute Gasteiger partial charge is 0.462 e. The lowest BCUT2D eigenvalue weighted by molar-refractivity contribution is 0.317. The maximum atomic E-state index is 8.99. The second kappa shape index (κ2) is 9.02. The first-order valence-electron chi connectivity index (χ1n) is 7.39. The third-order valence-corrected chi connectivity index (χ3v) is 3.17. The molecule has 1 rings (SSSR count). The third-order valence-electron chi connectivity index (χ3n) is 3.17. The van der Waals surface area contributed by atoms with Gasteiger partial charge in [-0.1, -0.05) is 24.8 Å². The van der Waals surface area contributed by atoms with Crippen LogP contribution in [0.5, 0.6) is 0 Å². The summed E-state index contributed by atoms with van der Waals surface area (Å²) in [4.78, 5) is 5.24. The van der Waals surface area contributed by atoms with Crippen LogP contribution >= 0.6 is 0 Å². The molecule has 0 saturated heterocycles. The number of likely N-dealkylation sites (N-methyl/N-ethyl adjacent to an activating group) is 1. The molecule has 24 heavy (non-hydrogen) atoms. The summed E-state index contributed by atoms with van der Waals surface area (Å²) >= 11 is 0. The molecule has 0 unspecified atom stereocenters. The van der Waals surface area contributed by atoms with E-state index in [-0.39, 0.29) is 5.70 Å². The van der Waals surface area contributed by atoms with Crippen LogP contribution in [0.4, 0.5) is 0 Å². The summed E-state index contributed by atoms with van der Waals surface area (Å²) in [6.07, 6.45) is 12.9. The Labute approximate surface area is 144 Å². The van der Waals surface area contributed by atoms with Crippen LogP contribution in [-0.4, -0.2) is 19.0 Å². The van der Waals surface area contributed by atoms with Crippen molar-refractivity contribution in [1.82, 2.24) is 4.90 Å². The van der Waals surface area contributed by atoms with Crippen molar-refractivity contribution >= 4 is 0 Å². The van der Waals surface area contributed by atoms with Crippen LogP contribution < -0.4 is 0 Å². The Balaban J connectivity index is 2.93. The first-order valence-corrected chi connectivity index (χ1v) is 7.39. The van der Waals surface area contributed by atoms with Crippen molar-refractivity contribution in [2.75, 3.05) is 14.1 Å². The molecule has 1 heterocycles. The fourth-order valence-corrected chi connectivity index (χ4v) is 1.97. The number of nitrogens with zero attached hydrogens (tertiary/aromatic N) is 3. The van der Waals surface area contributed by atoms with Gasteiger partial charge in [-0.2, -0.15) is 0 Å². The number of hydrogen-bond acceptors (Lipinski definition) is 3. The van der Waals surface area contributed by atoms with E-state index in [1.54, 1.807) is 25.2 Å². The summed E-state index contributed by atoms with van der Waals surface area (Å²) in [6, 6.07) is 1.89. The van der Waals surface area contributed by atoms with Crippen molar-refractivity contribution in [3.63, 3.8) is 0 Å². The molecule has 0 spiro atoms. The Morgan fingerprint density at radius 1 is 1.33 bits per heavy atom. The summed E-state index contributed by atoms with van der Waals surface area (Å²) in [5.41, 5.74) is 2.49. The maximum Gasteiger partial charge on any atom is 0.269 e. The molecule has 4 nitrogen and oxygen atoms in total. The normalized spacial score (nSPS) is 16.8. The van der Waals surface area contributed by atoms with Gasteiger partial charge < -0.3 is 9.64 Å². The minimum absolute atomic E-state index is 0.0472. The highest BCUT2D eigenvalue weighted by Crippen LogP contribution is 2.23. The van der Waals surface area contributed by atoms with E-state index in [2.05, 4.69) is 11.4 Å². The van der Waals surface area contributed by atoms with Gasteiger partial charge in [0.05, 0.1) is 12.6 Å². The lowest BCUT2D eigenvalue weighted by Gasteiger charge is -2.13. The molecule has 0 aromatic carbocycles. The van der Waals surface area contributed by atoms with E-state index < -0.39 is 0 Å². The van der Waals surface area contributed by atoms with E-state index in [9.17, 15) is 0 Å². The lowest BCUT2D eigenvalue weighted by atomic mass is 10.1. The van der Waals surface area contributed by atoms with E-state index in [4.69, 9.17) is 16.6 Å². The van der Waals surface area contributed by atoms with Crippen molar-refractivity contribution in [2.24, 2.45) is 0 Å². The molecule has 0 fully saturated rings. The topological polar surface area (TPSA) is 40.6 Å². The minimum Gasteiger partial charge on any atom is -0.462 e. The van der Waals surface area contributed by atoms with Crippen molar-refractivity contribution in [2.45, 2.75) is 13.8 Å². The van der Waals surface area contributed by atoms with Gasteiger partial charge >= 0.3 is 0 Å². The molecular formula is C20H21N3O. The van der Waals surface area contributed by atoms with Gasteiger partial charge in [-0.25, -0.2) is 10.1 Å². The zero-order chi connectivity index (χ0) is 18.1. The van der Waals surface area contributed by atoms with E-state index in [1.165, 1.54) is 0 Å². The van der Waals surface area contributed by atoms with Crippen LogP contribution in [0.15, 0.2) is 83.2 Å². The predicted octanol–water partition coefficient (Wildman–Crippen LogP) is 4.64. The number of hydrogen-bond donors (Lipinski definition) is 0. The van der Waals surface area contributed by atoms with Gasteiger partial charge in [0.1, 0.15) is 11.5 Å². The first kappa shape index (κ1) is 18.8. The van der Waals surface area contributed by atoms with Crippen LogP contribution in [-0.2, 0) is 4.74 Å². The Kier molecular flexibility index (Phi) is 7.07. The van der Waals surface area contributed by atoms with Gasteiger partial charge in [0.25, 0.3) is 5.70 Å². The fourth-order valence-electron chi connectivity index (χ4n) is 1.97. The highest BCUT2D eigenvalue weighted by Gasteiger charge is 2.10. The zero-order valence-electron chi connectivity index (χ0n) is 14.5. The molecule has 122 valence electrons. The predicted molar refractivity (Wildman–Crippen MR) is 97.0 cm³/mol. The first-order chi connectivity index (χ1) is 11.4. The third kappa shape index (κ3) is 5.51. The molecule has 0 radical (unpaired) electrons. The van der Waals surface area contributed by atoms with Gasteiger partial charge in [-0.3, -0.25) is 0 Å². The number of ether oxygens (including phenoxy) is 1. The van der Waals surface area contributed by atoms with Crippen LogP contribution in [0.25, 0.3) is 4.85 Å². The maximum absolute atomic E-state index is 8.99. The van der Waals surface area contributed by atoms with Crippen molar-refractivity contribution in [1.29, 1.82) is 5.26 Å². The molecular weight excluding hydrogens is 298 g/mol. The van der Waals surface area contributed by atoms with E-state index in [0.717, 1.165) is 11.3 Å². The molecule has 0 atom stereocenters. The Morgan fingerprint density at radius 2 is 2.04 bits per heavy atom. The van der Waals surface area contributed by atoms with Crippen molar-refractivity contribution in [3.05, 3.63) is 94.6 Å². The van der Waals surface area contributed by atoms with Crippen molar-refractivity contribution in [3.8, 4) is 6.07 Å². The minimum atomic E-state index is 0.0472. The van der Waals surface area contributed by atoms with Crippen LogP contribution in [0.2, 0.25) is 0 Å². The monoisotopic (exact) mass is 319 g/mol. The molecule has 0 aromatic heterocycles. The zero-order valence-corrected chi connectivity index (χ0v) is 14.5. The molecule has 0 aliphatic carbocycles. The molecule has 0 saturated carbocycles. The van der Waals surface area contributed by atoms with E-state index in [0.29, 0.717) is 17.1 Å². The highest BCUT2D eigenvalue weighted by molar-refractivity contribution is 5.50. The van der Waals surface area contributed by atoms with Gasteiger partial charge in [0.15, 0.2) is 0 Å². The van der Waals surface area contributed by atoms with Crippen LogP contribution in [0.3, 0.4) is 0 Å². The standard InChI is InChI=1S/C20H21N3O/c1-7-18(23(5)6)10-8-15(2)9-11-19-13-17(12-16(3)24-19)20(14-21)22-4/h7-13H,2H2,1,3,5-6H3/b10-8-,11-9+,18-7+,20-17+.